The molecule has 0 amide bonds. The summed E-state index contributed by atoms with van der Waals surface area (Å²) in [6, 6.07) is 0. The second kappa shape index (κ2) is 10.1. The van der Waals surface area contributed by atoms with Gasteiger partial charge >= 0.3 is 5.97 Å². The smallest absolute Gasteiger partial charge is 0.308 e. The van der Waals surface area contributed by atoms with E-state index in [4.69, 9.17) is 14.5 Å². The van der Waals surface area contributed by atoms with Crippen LogP contribution >= 0.6 is 0 Å². The molecule has 0 aliphatic carbocycles. The molecule has 4 heteroatoms. The first-order valence-corrected chi connectivity index (χ1v) is 9.16. The molecule has 0 fully saturated rings. The quantitative estimate of drug-likeness (QED) is 0.323. The normalized spacial score (nSPS) is 25.8. The van der Waals surface area contributed by atoms with Gasteiger partial charge in [0, 0.05) is 0 Å². The third kappa shape index (κ3) is 5.92. The molecular formula is C19H34O4. The van der Waals surface area contributed by atoms with Crippen LogP contribution in [-0.4, -0.2) is 24.8 Å². The van der Waals surface area contributed by atoms with Crippen molar-refractivity contribution < 1.29 is 19.3 Å². The van der Waals surface area contributed by atoms with Crippen LogP contribution < -0.4 is 0 Å². The van der Waals surface area contributed by atoms with Crippen molar-refractivity contribution >= 4 is 5.97 Å². The molecular weight excluding hydrogens is 292 g/mol. The summed E-state index contributed by atoms with van der Waals surface area (Å²) < 4.78 is 4.75. The Balaban J connectivity index is 2.85. The van der Waals surface area contributed by atoms with Crippen LogP contribution in [0.5, 0.6) is 0 Å². The van der Waals surface area contributed by atoms with Gasteiger partial charge in [0.1, 0.15) is 11.7 Å². The van der Waals surface area contributed by atoms with Gasteiger partial charge in [-0.25, -0.2) is 9.78 Å². The fourth-order valence-corrected chi connectivity index (χ4v) is 3.23. The molecule has 23 heavy (non-hydrogen) atoms. The number of hydrogen-bond donors (Lipinski definition) is 0. The Morgan fingerprint density at radius 3 is 2.61 bits per heavy atom. The molecule has 1 aliphatic heterocycles. The van der Waals surface area contributed by atoms with Crippen LogP contribution in [0.2, 0.25) is 0 Å². The third-order valence-corrected chi connectivity index (χ3v) is 4.96. The minimum Gasteiger partial charge on any atom is -0.469 e. The van der Waals surface area contributed by atoms with Crippen molar-refractivity contribution in [3.63, 3.8) is 0 Å². The first kappa shape index (κ1) is 20.2. The second-order valence-corrected chi connectivity index (χ2v) is 6.56. The predicted molar refractivity (Wildman–Crippen MR) is 91.9 cm³/mol. The van der Waals surface area contributed by atoms with Gasteiger partial charge in [0.15, 0.2) is 0 Å². The van der Waals surface area contributed by atoms with E-state index in [2.05, 4.69) is 33.8 Å². The molecule has 0 aromatic rings. The maximum Gasteiger partial charge on any atom is 0.308 e. The van der Waals surface area contributed by atoms with Gasteiger partial charge in [0.2, 0.25) is 0 Å². The fourth-order valence-electron chi connectivity index (χ4n) is 3.23. The van der Waals surface area contributed by atoms with Crippen LogP contribution in [0, 0.1) is 5.92 Å². The Bertz CT molecular complexity index is 391. The highest BCUT2D eigenvalue weighted by molar-refractivity contribution is 5.70. The van der Waals surface area contributed by atoms with E-state index < -0.39 is 0 Å². The summed E-state index contributed by atoms with van der Waals surface area (Å²) in [6.07, 6.45) is 9.71. The van der Waals surface area contributed by atoms with Crippen molar-refractivity contribution in [3.05, 3.63) is 11.6 Å². The Kier molecular flexibility index (Phi) is 8.85. The summed E-state index contributed by atoms with van der Waals surface area (Å²) >= 11 is 0. The number of methoxy groups -OCH3 is 1. The van der Waals surface area contributed by atoms with E-state index in [0.29, 0.717) is 5.92 Å². The molecule has 3 atom stereocenters. The summed E-state index contributed by atoms with van der Waals surface area (Å²) in [5.41, 5.74) is 0.792. The van der Waals surface area contributed by atoms with Crippen LogP contribution in [0.4, 0.5) is 0 Å². The van der Waals surface area contributed by atoms with E-state index in [1.54, 1.807) is 0 Å². The zero-order chi connectivity index (χ0) is 17.3. The van der Waals surface area contributed by atoms with Gasteiger partial charge in [-0.15, -0.1) is 0 Å². The van der Waals surface area contributed by atoms with E-state index >= 15 is 0 Å². The molecule has 1 heterocycles. The van der Waals surface area contributed by atoms with E-state index in [0.717, 1.165) is 31.3 Å². The SMILES string of the molecule is CCCC[C@H](CC)C[C@]1(CC)C=C(CC)[C@H](CC(=O)OC)OO1. The average Bonchev–Trinajstić information content (AvgIpc) is 2.59. The summed E-state index contributed by atoms with van der Waals surface area (Å²) in [6.45, 7) is 8.72. The first-order chi connectivity index (χ1) is 11.0. The third-order valence-electron chi connectivity index (χ3n) is 4.96. The lowest BCUT2D eigenvalue weighted by Crippen LogP contribution is -2.40. The van der Waals surface area contributed by atoms with Crippen molar-refractivity contribution in [3.8, 4) is 0 Å². The number of esters is 1. The Hall–Kier alpha value is -0.870. The summed E-state index contributed by atoms with van der Waals surface area (Å²) in [5.74, 6) is 0.376. The number of hydrogen-bond acceptors (Lipinski definition) is 4. The van der Waals surface area contributed by atoms with Crippen LogP contribution in [0.3, 0.4) is 0 Å². The summed E-state index contributed by atoms with van der Waals surface area (Å²) in [7, 11) is 1.40. The van der Waals surface area contributed by atoms with Gasteiger partial charge in [-0.3, -0.25) is 4.79 Å². The molecule has 4 nitrogen and oxygen atoms in total. The molecule has 134 valence electrons. The number of unbranched alkanes of at least 4 members (excludes halogenated alkanes) is 1. The van der Waals surface area contributed by atoms with Gasteiger partial charge in [-0.1, -0.05) is 53.4 Å². The van der Waals surface area contributed by atoms with Gasteiger partial charge in [0.05, 0.1) is 13.5 Å². The predicted octanol–water partition coefficient (Wildman–Crippen LogP) is 4.97. The summed E-state index contributed by atoms with van der Waals surface area (Å²) in [5, 5.41) is 0. The highest BCUT2D eigenvalue weighted by Crippen LogP contribution is 2.37. The minimum absolute atomic E-state index is 0.211. The van der Waals surface area contributed by atoms with Crippen LogP contribution in [0.1, 0.15) is 79.1 Å². The second-order valence-electron chi connectivity index (χ2n) is 6.56. The summed E-state index contributed by atoms with van der Waals surface area (Å²) in [4.78, 5) is 23.0. The molecule has 1 rings (SSSR count). The van der Waals surface area contributed by atoms with E-state index in [-0.39, 0.29) is 24.1 Å². The lowest BCUT2D eigenvalue weighted by Gasteiger charge is -2.38. The molecule has 0 aromatic heterocycles. The highest BCUT2D eigenvalue weighted by Gasteiger charge is 2.38. The van der Waals surface area contributed by atoms with E-state index in [1.165, 1.54) is 26.4 Å². The number of carbonyl (C=O) groups excluding carboxylic acids is 1. The van der Waals surface area contributed by atoms with E-state index in [1.807, 2.05) is 0 Å². The van der Waals surface area contributed by atoms with Crippen molar-refractivity contribution in [2.75, 3.05) is 7.11 Å². The first-order valence-electron chi connectivity index (χ1n) is 9.16. The standard InChI is InChI=1S/C19H34O4/c1-6-10-11-15(7-2)13-19(9-4)14-16(8-3)17(22-23-19)12-18(20)21-5/h14-15,17H,6-13H2,1-5H3/t15-,17-,19+/m0/s1. The Labute approximate surface area is 141 Å². The fraction of sp³-hybridized carbons (Fsp3) is 0.842. The Morgan fingerprint density at radius 1 is 1.35 bits per heavy atom. The molecule has 0 bridgehead atoms. The molecule has 0 aromatic carbocycles. The van der Waals surface area contributed by atoms with E-state index in [9.17, 15) is 4.79 Å². The maximum absolute atomic E-state index is 11.5. The molecule has 0 radical (unpaired) electrons. The topological polar surface area (TPSA) is 44.8 Å². The average molecular weight is 326 g/mol. The van der Waals surface area contributed by atoms with Gasteiger partial charge < -0.3 is 4.74 Å². The van der Waals surface area contributed by atoms with Gasteiger partial charge in [0.25, 0.3) is 0 Å². The molecule has 0 N–H and O–H groups in total. The van der Waals surface area contributed by atoms with Crippen molar-refractivity contribution in [1.29, 1.82) is 0 Å². The number of rotatable bonds is 10. The van der Waals surface area contributed by atoms with Gasteiger partial charge in [-0.2, -0.15) is 0 Å². The molecule has 1 aliphatic rings. The largest absolute Gasteiger partial charge is 0.469 e. The lowest BCUT2D eigenvalue weighted by molar-refractivity contribution is -0.379. The van der Waals surface area contributed by atoms with Crippen LogP contribution in [0.15, 0.2) is 11.6 Å². The van der Waals surface area contributed by atoms with Crippen molar-refractivity contribution in [1.82, 2.24) is 0 Å². The monoisotopic (exact) mass is 326 g/mol. The molecule has 0 saturated carbocycles. The Morgan fingerprint density at radius 2 is 2.09 bits per heavy atom. The number of carbonyl (C=O) groups is 1. The van der Waals surface area contributed by atoms with Crippen LogP contribution in [0.25, 0.3) is 0 Å². The maximum atomic E-state index is 11.5. The van der Waals surface area contributed by atoms with Crippen molar-refractivity contribution in [2.24, 2.45) is 5.92 Å². The number of ether oxygens (including phenoxy) is 1. The molecule has 0 saturated heterocycles. The van der Waals surface area contributed by atoms with Crippen molar-refractivity contribution in [2.45, 2.75) is 90.8 Å². The zero-order valence-corrected chi connectivity index (χ0v) is 15.5. The minimum atomic E-state index is -0.355. The highest BCUT2D eigenvalue weighted by atomic mass is 17.2. The lowest BCUT2D eigenvalue weighted by atomic mass is 9.81. The molecule has 0 spiro atoms. The van der Waals surface area contributed by atoms with Crippen LogP contribution in [-0.2, 0) is 19.3 Å². The zero-order valence-electron chi connectivity index (χ0n) is 15.5. The van der Waals surface area contributed by atoms with Gasteiger partial charge in [-0.05, 0) is 36.8 Å². The molecule has 0 unspecified atom stereocenters.